The Morgan fingerprint density at radius 1 is 1.12 bits per heavy atom. The number of pyridine rings is 2. The van der Waals surface area contributed by atoms with Gasteiger partial charge in [0, 0.05) is 30.7 Å². The molecule has 4 heterocycles. The van der Waals surface area contributed by atoms with Crippen LogP contribution in [0.1, 0.15) is 11.3 Å². The average molecular weight is 356 g/mol. The number of amides is 1. The molecule has 0 aliphatic carbocycles. The first-order chi connectivity index (χ1) is 12.6. The number of ether oxygens (including phenoxy) is 2. The van der Waals surface area contributed by atoms with E-state index in [2.05, 4.69) is 28.9 Å². The number of nitrogens with zero attached hydrogens (tertiary/aromatic N) is 4. The molecule has 2 saturated heterocycles. The Kier molecular flexibility index (Phi) is 4.74. The lowest BCUT2D eigenvalue weighted by molar-refractivity contribution is -0.148. The Bertz CT molecular complexity index is 820. The molecule has 138 valence electrons. The quantitative estimate of drug-likeness (QED) is 0.808. The first-order valence-corrected chi connectivity index (χ1v) is 9.10. The number of morpholine rings is 2. The van der Waals surface area contributed by atoms with Crippen molar-refractivity contribution in [2.75, 3.05) is 50.9 Å². The molecule has 2 fully saturated rings. The van der Waals surface area contributed by atoms with Gasteiger partial charge in [-0.15, -0.1) is 0 Å². The van der Waals surface area contributed by atoms with E-state index in [1.54, 1.807) is 0 Å². The van der Waals surface area contributed by atoms with Gasteiger partial charge in [-0.05, 0) is 37.6 Å². The number of aryl methyl sites for hydroxylation is 2. The van der Waals surface area contributed by atoms with Gasteiger partial charge in [0.15, 0.2) is 11.8 Å². The minimum Gasteiger partial charge on any atom is -0.378 e. The summed E-state index contributed by atoms with van der Waals surface area (Å²) in [5.74, 6) is 0.890. The highest BCUT2D eigenvalue weighted by molar-refractivity contribution is 5.83. The molecular weight excluding hydrogens is 332 g/mol. The van der Waals surface area contributed by atoms with Crippen LogP contribution < -0.4 is 4.90 Å². The van der Waals surface area contributed by atoms with Gasteiger partial charge < -0.3 is 19.3 Å². The molecule has 0 N–H and O–H groups in total. The normalized spacial score (nSPS) is 21.2. The van der Waals surface area contributed by atoms with E-state index in [4.69, 9.17) is 14.5 Å². The second-order valence-corrected chi connectivity index (χ2v) is 6.86. The third-order valence-corrected chi connectivity index (χ3v) is 4.98. The van der Waals surface area contributed by atoms with Crippen molar-refractivity contribution >= 4 is 22.8 Å². The van der Waals surface area contributed by atoms with Crippen molar-refractivity contribution in [3.8, 4) is 0 Å². The smallest absolute Gasteiger partial charge is 0.253 e. The van der Waals surface area contributed by atoms with Crippen LogP contribution in [0.3, 0.4) is 0 Å². The largest absolute Gasteiger partial charge is 0.378 e. The van der Waals surface area contributed by atoms with Gasteiger partial charge in [-0.25, -0.2) is 9.97 Å². The van der Waals surface area contributed by atoms with Crippen LogP contribution in [0.4, 0.5) is 5.82 Å². The predicted octanol–water partition coefficient (Wildman–Crippen LogP) is 1.31. The summed E-state index contributed by atoms with van der Waals surface area (Å²) in [4.78, 5) is 26.0. The zero-order chi connectivity index (χ0) is 18.1. The first kappa shape index (κ1) is 17.2. The van der Waals surface area contributed by atoms with Crippen LogP contribution in [0.15, 0.2) is 18.2 Å². The van der Waals surface area contributed by atoms with E-state index in [1.165, 1.54) is 5.56 Å². The lowest BCUT2D eigenvalue weighted by Gasteiger charge is -2.36. The van der Waals surface area contributed by atoms with E-state index >= 15 is 0 Å². The van der Waals surface area contributed by atoms with Gasteiger partial charge in [0.2, 0.25) is 0 Å². The van der Waals surface area contributed by atoms with Crippen molar-refractivity contribution in [3.63, 3.8) is 0 Å². The van der Waals surface area contributed by atoms with E-state index < -0.39 is 6.10 Å². The monoisotopic (exact) mass is 356 g/mol. The Hall–Kier alpha value is -2.25. The summed E-state index contributed by atoms with van der Waals surface area (Å²) >= 11 is 0. The van der Waals surface area contributed by atoms with E-state index in [0.717, 1.165) is 29.1 Å². The third-order valence-electron chi connectivity index (χ3n) is 4.98. The minimum absolute atomic E-state index is 0.0450. The molecule has 2 aliphatic heterocycles. The highest BCUT2D eigenvalue weighted by atomic mass is 16.5. The fourth-order valence-corrected chi connectivity index (χ4v) is 3.59. The van der Waals surface area contributed by atoms with Crippen molar-refractivity contribution in [1.82, 2.24) is 14.9 Å². The summed E-state index contributed by atoms with van der Waals surface area (Å²) in [5, 5.41) is 1.06. The highest BCUT2D eigenvalue weighted by Crippen LogP contribution is 2.22. The molecule has 4 rings (SSSR count). The molecule has 0 spiro atoms. The van der Waals surface area contributed by atoms with Gasteiger partial charge in [0.1, 0.15) is 5.82 Å². The molecule has 26 heavy (non-hydrogen) atoms. The Balaban J connectivity index is 1.54. The number of rotatable bonds is 2. The maximum Gasteiger partial charge on any atom is 0.253 e. The zero-order valence-electron chi connectivity index (χ0n) is 15.3. The molecule has 1 amide bonds. The van der Waals surface area contributed by atoms with E-state index in [9.17, 15) is 4.79 Å². The molecule has 0 bridgehead atoms. The van der Waals surface area contributed by atoms with Gasteiger partial charge in [0.05, 0.1) is 26.4 Å². The van der Waals surface area contributed by atoms with Crippen LogP contribution in [-0.4, -0.2) is 72.9 Å². The maximum atomic E-state index is 12.7. The van der Waals surface area contributed by atoms with Crippen LogP contribution in [0.2, 0.25) is 0 Å². The van der Waals surface area contributed by atoms with Gasteiger partial charge >= 0.3 is 0 Å². The molecule has 0 radical (unpaired) electrons. The molecule has 7 nitrogen and oxygen atoms in total. The van der Waals surface area contributed by atoms with Crippen molar-refractivity contribution in [1.29, 1.82) is 0 Å². The summed E-state index contributed by atoms with van der Waals surface area (Å²) in [5.41, 5.74) is 2.89. The van der Waals surface area contributed by atoms with Gasteiger partial charge in [0.25, 0.3) is 5.91 Å². The summed E-state index contributed by atoms with van der Waals surface area (Å²) < 4.78 is 11.1. The second-order valence-electron chi connectivity index (χ2n) is 6.86. The Morgan fingerprint density at radius 3 is 2.73 bits per heavy atom. The molecule has 0 aromatic carbocycles. The van der Waals surface area contributed by atoms with Crippen LogP contribution in [-0.2, 0) is 14.3 Å². The molecule has 0 saturated carbocycles. The van der Waals surface area contributed by atoms with Crippen molar-refractivity contribution in [2.45, 2.75) is 20.0 Å². The second kappa shape index (κ2) is 7.17. The topological polar surface area (TPSA) is 67.8 Å². The number of hydrogen-bond acceptors (Lipinski definition) is 6. The molecule has 7 heteroatoms. The number of fused-ring (bicyclic) bond motifs is 1. The first-order valence-electron chi connectivity index (χ1n) is 9.10. The zero-order valence-corrected chi connectivity index (χ0v) is 15.3. The molecule has 2 aliphatic rings. The van der Waals surface area contributed by atoms with Crippen molar-refractivity contribution in [2.24, 2.45) is 0 Å². The van der Waals surface area contributed by atoms with Crippen molar-refractivity contribution < 1.29 is 14.3 Å². The Morgan fingerprint density at radius 2 is 1.92 bits per heavy atom. The van der Waals surface area contributed by atoms with Crippen LogP contribution in [0, 0.1) is 13.8 Å². The lowest BCUT2D eigenvalue weighted by Crippen LogP contribution is -2.53. The van der Waals surface area contributed by atoms with Gasteiger partial charge in [-0.1, -0.05) is 0 Å². The standard InChI is InChI=1S/C19H24N4O3/c1-13-11-14(2)20-18-15(13)3-4-17(21-18)23-7-10-26-16(12-23)19(24)22-5-8-25-9-6-22/h3-4,11,16H,5-10,12H2,1-2H3. The van der Waals surface area contributed by atoms with E-state index in [1.807, 2.05) is 17.9 Å². The number of carbonyl (C=O) groups is 1. The summed E-state index contributed by atoms with van der Waals surface area (Å²) in [7, 11) is 0. The van der Waals surface area contributed by atoms with Crippen LogP contribution in [0.5, 0.6) is 0 Å². The molecule has 1 unspecified atom stereocenters. The van der Waals surface area contributed by atoms with Gasteiger partial charge in [-0.2, -0.15) is 0 Å². The number of aromatic nitrogens is 2. The molecular formula is C19H24N4O3. The van der Waals surface area contributed by atoms with E-state index in [-0.39, 0.29) is 5.91 Å². The summed E-state index contributed by atoms with van der Waals surface area (Å²) in [6.07, 6.45) is -0.452. The molecule has 1 atom stereocenters. The van der Waals surface area contributed by atoms with Gasteiger partial charge in [-0.3, -0.25) is 4.79 Å². The SMILES string of the molecule is Cc1cc(C)c2ccc(N3CCOC(C(=O)N4CCOCC4)C3)nc2n1. The predicted molar refractivity (Wildman–Crippen MR) is 98.4 cm³/mol. The minimum atomic E-state index is -0.452. The highest BCUT2D eigenvalue weighted by Gasteiger charge is 2.31. The fourth-order valence-electron chi connectivity index (χ4n) is 3.59. The molecule has 2 aromatic rings. The molecule has 2 aromatic heterocycles. The average Bonchev–Trinajstić information content (AvgIpc) is 2.67. The third kappa shape index (κ3) is 3.37. The van der Waals surface area contributed by atoms with Crippen molar-refractivity contribution in [3.05, 3.63) is 29.5 Å². The summed E-state index contributed by atoms with van der Waals surface area (Å²) in [6.45, 7) is 8.26. The van der Waals surface area contributed by atoms with Crippen LogP contribution in [0.25, 0.3) is 11.0 Å². The van der Waals surface area contributed by atoms with E-state index in [0.29, 0.717) is 39.5 Å². The number of carbonyl (C=O) groups excluding carboxylic acids is 1. The lowest BCUT2D eigenvalue weighted by atomic mass is 10.1. The summed E-state index contributed by atoms with van der Waals surface area (Å²) in [6, 6.07) is 6.14. The maximum absolute atomic E-state index is 12.7. The number of hydrogen-bond donors (Lipinski definition) is 0. The Labute approximate surface area is 152 Å². The fraction of sp³-hybridized carbons (Fsp3) is 0.526. The van der Waals surface area contributed by atoms with Crippen LogP contribution >= 0.6 is 0 Å². The number of anilines is 1.